The second-order valence-electron chi connectivity index (χ2n) is 6.22. The molecule has 5 heteroatoms. The number of carbonyl (C=O) groups excluding carboxylic acids is 1. The number of hydrogen-bond donors (Lipinski definition) is 2. The van der Waals surface area contributed by atoms with Crippen LogP contribution in [0.25, 0.3) is 0 Å². The van der Waals surface area contributed by atoms with Crippen molar-refractivity contribution in [3.63, 3.8) is 0 Å². The predicted octanol–water partition coefficient (Wildman–Crippen LogP) is 2.18. The Bertz CT molecular complexity index is 450. The average Bonchev–Trinajstić information content (AvgIpc) is 2.76. The van der Waals surface area contributed by atoms with Crippen LogP contribution in [0, 0.1) is 5.41 Å². The van der Waals surface area contributed by atoms with Gasteiger partial charge in [0, 0.05) is 12.1 Å². The molecule has 19 heavy (non-hydrogen) atoms. The molecular weight excluding hydrogens is 240 g/mol. The molecule has 1 aliphatic rings. The van der Waals surface area contributed by atoms with E-state index in [2.05, 4.69) is 29.6 Å². The molecule has 1 saturated heterocycles. The van der Waals surface area contributed by atoms with E-state index in [4.69, 9.17) is 0 Å². The Balaban J connectivity index is 2.10. The minimum atomic E-state index is -0.142. The van der Waals surface area contributed by atoms with Gasteiger partial charge in [-0.25, -0.2) is 4.68 Å². The molecule has 2 heterocycles. The van der Waals surface area contributed by atoms with Crippen molar-refractivity contribution in [3.05, 3.63) is 12.3 Å². The van der Waals surface area contributed by atoms with Crippen LogP contribution in [0.15, 0.2) is 12.3 Å². The van der Waals surface area contributed by atoms with E-state index in [1.54, 1.807) is 6.20 Å². The van der Waals surface area contributed by atoms with Crippen molar-refractivity contribution in [2.45, 2.75) is 52.6 Å². The normalized spacial score (nSPS) is 22.5. The maximum atomic E-state index is 12.4. The fourth-order valence-electron chi connectivity index (χ4n) is 2.68. The summed E-state index contributed by atoms with van der Waals surface area (Å²) in [6.45, 7) is 9.29. The number of piperidine rings is 1. The predicted molar refractivity (Wildman–Crippen MR) is 76.0 cm³/mol. The molecule has 106 valence electrons. The molecule has 2 N–H and O–H groups in total. The highest BCUT2D eigenvalue weighted by Crippen LogP contribution is 2.30. The highest BCUT2D eigenvalue weighted by Gasteiger charge is 2.37. The third-order valence-electron chi connectivity index (χ3n) is 3.80. The molecule has 1 atom stereocenters. The quantitative estimate of drug-likeness (QED) is 0.879. The van der Waals surface area contributed by atoms with Crippen LogP contribution in [0.5, 0.6) is 0 Å². The van der Waals surface area contributed by atoms with Crippen molar-refractivity contribution < 1.29 is 4.79 Å². The molecule has 2 rings (SSSR count). The van der Waals surface area contributed by atoms with Crippen molar-refractivity contribution in [1.29, 1.82) is 0 Å². The van der Waals surface area contributed by atoms with Gasteiger partial charge in [-0.05, 0) is 38.6 Å². The molecule has 1 unspecified atom stereocenters. The van der Waals surface area contributed by atoms with Gasteiger partial charge in [0.2, 0.25) is 5.91 Å². The monoisotopic (exact) mass is 264 g/mol. The van der Waals surface area contributed by atoms with Gasteiger partial charge in [-0.1, -0.05) is 13.8 Å². The van der Waals surface area contributed by atoms with Gasteiger partial charge in [0.15, 0.2) is 0 Å². The van der Waals surface area contributed by atoms with E-state index < -0.39 is 0 Å². The van der Waals surface area contributed by atoms with Gasteiger partial charge in [0.25, 0.3) is 0 Å². The largest absolute Gasteiger partial charge is 0.310 e. The lowest BCUT2D eigenvalue weighted by atomic mass is 9.77. The number of carbonyl (C=O) groups is 1. The van der Waals surface area contributed by atoms with E-state index in [0.29, 0.717) is 0 Å². The Kier molecular flexibility index (Phi) is 3.94. The minimum Gasteiger partial charge on any atom is -0.310 e. The topological polar surface area (TPSA) is 59.0 Å². The fraction of sp³-hybridized carbons (Fsp3) is 0.714. The Labute approximate surface area is 114 Å². The Morgan fingerprint density at radius 3 is 2.95 bits per heavy atom. The van der Waals surface area contributed by atoms with Gasteiger partial charge in [0.1, 0.15) is 5.82 Å². The molecule has 1 aromatic heterocycles. The molecule has 0 saturated carbocycles. The molecule has 1 aliphatic heterocycles. The molecule has 1 amide bonds. The molecular formula is C14H24N4O. The molecule has 5 nitrogen and oxygen atoms in total. The summed E-state index contributed by atoms with van der Waals surface area (Å²) in [7, 11) is 0. The summed E-state index contributed by atoms with van der Waals surface area (Å²) in [6.07, 6.45) is 3.91. The van der Waals surface area contributed by atoms with Gasteiger partial charge in [-0.15, -0.1) is 0 Å². The standard InChI is InChI=1S/C14H24N4O/c1-10(2)18-11(6-9-16-18)17-13(19)12-14(3,4)7-5-8-15-12/h6,9-10,12,15H,5,7-8H2,1-4H3,(H,17,19). The van der Waals surface area contributed by atoms with Crippen LogP contribution in [0.2, 0.25) is 0 Å². The molecule has 0 radical (unpaired) electrons. The van der Waals surface area contributed by atoms with Crippen molar-refractivity contribution in [3.8, 4) is 0 Å². The van der Waals surface area contributed by atoms with Crippen LogP contribution < -0.4 is 10.6 Å². The number of hydrogen-bond acceptors (Lipinski definition) is 3. The summed E-state index contributed by atoms with van der Waals surface area (Å²) in [6, 6.07) is 1.93. The van der Waals surface area contributed by atoms with Gasteiger partial charge >= 0.3 is 0 Å². The second-order valence-corrected chi connectivity index (χ2v) is 6.22. The zero-order chi connectivity index (χ0) is 14.0. The van der Waals surface area contributed by atoms with Gasteiger partial charge in [-0.3, -0.25) is 4.79 Å². The van der Waals surface area contributed by atoms with Crippen molar-refractivity contribution >= 4 is 11.7 Å². The average molecular weight is 264 g/mol. The first-order valence-corrected chi connectivity index (χ1v) is 6.99. The summed E-state index contributed by atoms with van der Waals surface area (Å²) in [5.74, 6) is 0.801. The Morgan fingerprint density at radius 1 is 1.58 bits per heavy atom. The maximum absolute atomic E-state index is 12.4. The third-order valence-corrected chi connectivity index (χ3v) is 3.80. The lowest BCUT2D eigenvalue weighted by Crippen LogP contribution is -2.53. The number of aromatic nitrogens is 2. The zero-order valence-electron chi connectivity index (χ0n) is 12.2. The number of anilines is 1. The van der Waals surface area contributed by atoms with Crippen molar-refractivity contribution in [1.82, 2.24) is 15.1 Å². The van der Waals surface area contributed by atoms with Crippen molar-refractivity contribution in [2.24, 2.45) is 5.41 Å². The van der Waals surface area contributed by atoms with Crippen LogP contribution in [0.3, 0.4) is 0 Å². The zero-order valence-corrected chi connectivity index (χ0v) is 12.2. The van der Waals surface area contributed by atoms with Gasteiger partial charge < -0.3 is 10.6 Å². The second kappa shape index (κ2) is 5.33. The fourth-order valence-corrected chi connectivity index (χ4v) is 2.68. The van der Waals surface area contributed by atoms with Crippen LogP contribution >= 0.6 is 0 Å². The highest BCUT2D eigenvalue weighted by atomic mass is 16.2. The summed E-state index contributed by atoms with van der Waals surface area (Å²) in [5.41, 5.74) is -0.00891. The molecule has 0 aromatic carbocycles. The summed E-state index contributed by atoms with van der Waals surface area (Å²) in [5, 5.41) is 10.6. The Morgan fingerprint density at radius 2 is 2.32 bits per heavy atom. The smallest absolute Gasteiger partial charge is 0.243 e. The molecule has 0 bridgehead atoms. The molecule has 0 aliphatic carbocycles. The van der Waals surface area contributed by atoms with E-state index in [1.807, 2.05) is 24.6 Å². The van der Waals surface area contributed by atoms with Crippen LogP contribution in [-0.4, -0.2) is 28.3 Å². The summed E-state index contributed by atoms with van der Waals surface area (Å²) < 4.78 is 1.83. The maximum Gasteiger partial charge on any atom is 0.243 e. The summed E-state index contributed by atoms with van der Waals surface area (Å²) >= 11 is 0. The van der Waals surface area contributed by atoms with Crippen molar-refractivity contribution in [2.75, 3.05) is 11.9 Å². The highest BCUT2D eigenvalue weighted by molar-refractivity contribution is 5.94. The van der Waals surface area contributed by atoms with Gasteiger partial charge in [0.05, 0.1) is 12.2 Å². The van der Waals surface area contributed by atoms with Crippen LogP contribution in [0.1, 0.15) is 46.6 Å². The van der Waals surface area contributed by atoms with Gasteiger partial charge in [-0.2, -0.15) is 5.10 Å². The van der Waals surface area contributed by atoms with E-state index in [9.17, 15) is 4.79 Å². The lowest BCUT2D eigenvalue weighted by molar-refractivity contribution is -0.121. The number of nitrogens with zero attached hydrogens (tertiary/aromatic N) is 2. The summed E-state index contributed by atoms with van der Waals surface area (Å²) in [4.78, 5) is 12.4. The third kappa shape index (κ3) is 2.97. The van der Waals surface area contributed by atoms with Crippen LogP contribution in [0.4, 0.5) is 5.82 Å². The first-order valence-electron chi connectivity index (χ1n) is 6.99. The van der Waals surface area contributed by atoms with E-state index in [-0.39, 0.29) is 23.4 Å². The molecule has 0 spiro atoms. The Hall–Kier alpha value is -1.36. The number of amides is 1. The minimum absolute atomic E-state index is 0.00891. The van der Waals surface area contributed by atoms with E-state index in [1.165, 1.54) is 0 Å². The van der Waals surface area contributed by atoms with E-state index in [0.717, 1.165) is 25.2 Å². The number of rotatable bonds is 3. The number of nitrogens with one attached hydrogen (secondary N) is 2. The molecule has 1 aromatic rings. The SMILES string of the molecule is CC(C)n1nccc1NC(=O)C1NCCCC1(C)C. The first kappa shape index (κ1) is 14.1. The van der Waals surface area contributed by atoms with Crippen LogP contribution in [-0.2, 0) is 4.79 Å². The first-order chi connectivity index (χ1) is 8.92. The lowest BCUT2D eigenvalue weighted by Gasteiger charge is -2.38. The van der Waals surface area contributed by atoms with E-state index >= 15 is 0 Å². The molecule has 1 fully saturated rings.